The van der Waals surface area contributed by atoms with E-state index < -0.39 is 0 Å². The minimum absolute atomic E-state index is 0.00708. The summed E-state index contributed by atoms with van der Waals surface area (Å²) < 4.78 is 2.03. The molecule has 0 bridgehead atoms. The number of nitrogens with zero attached hydrogens (tertiary/aromatic N) is 2. The Morgan fingerprint density at radius 1 is 1.38 bits per heavy atom. The van der Waals surface area contributed by atoms with Gasteiger partial charge in [-0.05, 0) is 39.2 Å². The number of rotatable bonds is 4. The van der Waals surface area contributed by atoms with E-state index in [0.29, 0.717) is 0 Å². The van der Waals surface area contributed by atoms with Crippen LogP contribution in [0.25, 0.3) is 10.9 Å². The van der Waals surface area contributed by atoms with Crippen molar-refractivity contribution in [3.8, 4) is 0 Å². The van der Waals surface area contributed by atoms with Gasteiger partial charge in [0.2, 0.25) is 0 Å². The van der Waals surface area contributed by atoms with Crippen molar-refractivity contribution in [2.45, 2.75) is 13.0 Å². The SMILES string of the molecule is CN(C)CCCn1ccc2cc[nH]c(=O)c21. The van der Waals surface area contributed by atoms with E-state index >= 15 is 0 Å². The van der Waals surface area contributed by atoms with E-state index in [1.807, 2.05) is 22.9 Å². The highest BCUT2D eigenvalue weighted by Crippen LogP contribution is 2.10. The molecule has 86 valence electrons. The van der Waals surface area contributed by atoms with Gasteiger partial charge < -0.3 is 14.5 Å². The van der Waals surface area contributed by atoms with E-state index in [9.17, 15) is 4.79 Å². The smallest absolute Gasteiger partial charge is 0.272 e. The third kappa shape index (κ3) is 2.17. The van der Waals surface area contributed by atoms with Gasteiger partial charge in [-0.15, -0.1) is 0 Å². The van der Waals surface area contributed by atoms with Gasteiger partial charge >= 0.3 is 0 Å². The molecule has 0 aliphatic heterocycles. The first-order valence-corrected chi connectivity index (χ1v) is 5.50. The van der Waals surface area contributed by atoms with Gasteiger partial charge in [0.25, 0.3) is 5.56 Å². The normalized spacial score (nSPS) is 11.4. The molecule has 1 N–H and O–H groups in total. The van der Waals surface area contributed by atoms with Crippen molar-refractivity contribution >= 4 is 10.9 Å². The Morgan fingerprint density at radius 3 is 2.94 bits per heavy atom. The lowest BCUT2D eigenvalue weighted by molar-refractivity contribution is 0.388. The Balaban J connectivity index is 2.22. The zero-order valence-corrected chi connectivity index (χ0v) is 9.73. The summed E-state index contributed by atoms with van der Waals surface area (Å²) in [6.45, 7) is 1.92. The first-order chi connectivity index (χ1) is 7.68. The number of hydrogen-bond donors (Lipinski definition) is 1. The van der Waals surface area contributed by atoms with Gasteiger partial charge in [-0.3, -0.25) is 4.79 Å². The number of aryl methyl sites for hydroxylation is 1. The van der Waals surface area contributed by atoms with Crippen molar-refractivity contribution in [1.82, 2.24) is 14.5 Å². The van der Waals surface area contributed by atoms with Gasteiger partial charge in [-0.2, -0.15) is 0 Å². The largest absolute Gasteiger partial charge is 0.343 e. The molecule has 2 aromatic heterocycles. The van der Waals surface area contributed by atoms with Crippen LogP contribution in [-0.2, 0) is 6.54 Å². The Kier molecular flexibility index (Phi) is 3.10. The average Bonchev–Trinajstić information content (AvgIpc) is 2.62. The molecule has 0 spiro atoms. The van der Waals surface area contributed by atoms with Crippen molar-refractivity contribution in [3.05, 3.63) is 34.9 Å². The summed E-state index contributed by atoms with van der Waals surface area (Å²) in [4.78, 5) is 16.5. The van der Waals surface area contributed by atoms with Gasteiger partial charge in [0.05, 0.1) is 0 Å². The van der Waals surface area contributed by atoms with Crippen LogP contribution in [-0.4, -0.2) is 35.1 Å². The van der Waals surface area contributed by atoms with Crippen molar-refractivity contribution in [1.29, 1.82) is 0 Å². The summed E-state index contributed by atoms with van der Waals surface area (Å²) >= 11 is 0. The van der Waals surface area contributed by atoms with Crippen LogP contribution in [0.15, 0.2) is 29.3 Å². The second kappa shape index (κ2) is 4.53. The van der Waals surface area contributed by atoms with E-state index in [0.717, 1.165) is 30.4 Å². The Bertz CT molecular complexity index is 524. The minimum atomic E-state index is -0.00708. The number of aromatic nitrogens is 2. The molecular weight excluding hydrogens is 202 g/mol. The van der Waals surface area contributed by atoms with Crippen molar-refractivity contribution in [3.63, 3.8) is 0 Å². The summed E-state index contributed by atoms with van der Waals surface area (Å²) in [6.07, 6.45) is 4.72. The molecule has 0 aliphatic carbocycles. The molecule has 2 aromatic rings. The molecule has 0 amide bonds. The highest BCUT2D eigenvalue weighted by Gasteiger charge is 2.04. The molecule has 0 fully saturated rings. The van der Waals surface area contributed by atoms with Crippen LogP contribution in [0, 0.1) is 0 Å². The van der Waals surface area contributed by atoms with Crippen molar-refractivity contribution in [2.24, 2.45) is 0 Å². The highest BCUT2D eigenvalue weighted by atomic mass is 16.1. The molecule has 0 aliphatic rings. The summed E-state index contributed by atoms with van der Waals surface area (Å²) in [5.74, 6) is 0. The third-order valence-electron chi connectivity index (χ3n) is 2.69. The topological polar surface area (TPSA) is 41.0 Å². The van der Waals surface area contributed by atoms with E-state index in [-0.39, 0.29) is 5.56 Å². The Hall–Kier alpha value is -1.55. The maximum Gasteiger partial charge on any atom is 0.272 e. The zero-order chi connectivity index (χ0) is 11.5. The fraction of sp³-hybridized carbons (Fsp3) is 0.417. The van der Waals surface area contributed by atoms with E-state index in [1.54, 1.807) is 6.20 Å². The minimum Gasteiger partial charge on any atom is -0.343 e. The van der Waals surface area contributed by atoms with Crippen LogP contribution in [0.4, 0.5) is 0 Å². The summed E-state index contributed by atoms with van der Waals surface area (Å²) in [6, 6.07) is 3.92. The summed E-state index contributed by atoms with van der Waals surface area (Å²) in [7, 11) is 4.11. The monoisotopic (exact) mass is 219 g/mol. The Morgan fingerprint density at radius 2 is 2.19 bits per heavy atom. The number of aromatic amines is 1. The third-order valence-corrected chi connectivity index (χ3v) is 2.69. The molecule has 16 heavy (non-hydrogen) atoms. The van der Waals surface area contributed by atoms with Crippen LogP contribution in [0.1, 0.15) is 6.42 Å². The molecule has 2 heterocycles. The predicted molar refractivity (Wildman–Crippen MR) is 65.7 cm³/mol. The molecule has 0 radical (unpaired) electrons. The van der Waals surface area contributed by atoms with Crippen LogP contribution in [0.2, 0.25) is 0 Å². The fourth-order valence-electron chi connectivity index (χ4n) is 1.90. The summed E-state index contributed by atoms with van der Waals surface area (Å²) in [5, 5.41) is 1.01. The molecule has 4 heteroatoms. The lowest BCUT2D eigenvalue weighted by Crippen LogP contribution is -2.16. The number of nitrogens with one attached hydrogen (secondary N) is 1. The molecule has 0 saturated carbocycles. The second-order valence-corrected chi connectivity index (χ2v) is 4.28. The molecule has 0 atom stereocenters. The second-order valence-electron chi connectivity index (χ2n) is 4.28. The van der Waals surface area contributed by atoms with Crippen molar-refractivity contribution in [2.75, 3.05) is 20.6 Å². The van der Waals surface area contributed by atoms with E-state index in [4.69, 9.17) is 0 Å². The molecule has 0 saturated heterocycles. The van der Waals surface area contributed by atoms with Gasteiger partial charge in [0, 0.05) is 24.3 Å². The summed E-state index contributed by atoms with van der Waals surface area (Å²) in [5.41, 5.74) is 0.772. The molecular formula is C12H17N3O. The highest BCUT2D eigenvalue weighted by molar-refractivity contribution is 5.78. The number of hydrogen-bond acceptors (Lipinski definition) is 2. The molecule has 0 unspecified atom stereocenters. The van der Waals surface area contributed by atoms with Gasteiger partial charge in [0.15, 0.2) is 0 Å². The number of pyridine rings is 1. The molecule has 4 nitrogen and oxygen atoms in total. The number of H-pyrrole nitrogens is 1. The van der Waals surface area contributed by atoms with Crippen LogP contribution >= 0.6 is 0 Å². The fourth-order valence-corrected chi connectivity index (χ4v) is 1.90. The lowest BCUT2D eigenvalue weighted by Gasteiger charge is -2.10. The van der Waals surface area contributed by atoms with E-state index in [1.165, 1.54) is 0 Å². The van der Waals surface area contributed by atoms with Crippen molar-refractivity contribution < 1.29 is 0 Å². The number of fused-ring (bicyclic) bond motifs is 1. The predicted octanol–water partition coefficient (Wildman–Crippen LogP) is 1.28. The first kappa shape index (κ1) is 11.0. The van der Waals surface area contributed by atoms with Gasteiger partial charge in [-0.1, -0.05) is 0 Å². The maximum atomic E-state index is 11.7. The molecule has 0 aromatic carbocycles. The van der Waals surface area contributed by atoms with Gasteiger partial charge in [0.1, 0.15) is 5.52 Å². The maximum absolute atomic E-state index is 11.7. The lowest BCUT2D eigenvalue weighted by atomic mass is 10.3. The average molecular weight is 219 g/mol. The standard InChI is InChI=1S/C12H17N3O/c1-14(2)7-3-8-15-9-5-10-4-6-13-12(16)11(10)15/h4-6,9H,3,7-8H2,1-2H3,(H,13,16). The van der Waals surface area contributed by atoms with Crippen LogP contribution in [0.5, 0.6) is 0 Å². The Labute approximate surface area is 94.5 Å². The molecule has 2 rings (SSSR count). The first-order valence-electron chi connectivity index (χ1n) is 5.50. The zero-order valence-electron chi connectivity index (χ0n) is 9.73. The van der Waals surface area contributed by atoms with Crippen LogP contribution in [0.3, 0.4) is 0 Å². The van der Waals surface area contributed by atoms with Gasteiger partial charge in [-0.25, -0.2) is 0 Å². The quantitative estimate of drug-likeness (QED) is 0.841. The van der Waals surface area contributed by atoms with Crippen LogP contribution < -0.4 is 5.56 Å². The van der Waals surface area contributed by atoms with E-state index in [2.05, 4.69) is 24.0 Å².